The first kappa shape index (κ1) is 29.8. The molecule has 209 valence electrons. The Hall–Kier alpha value is -0.707. The van der Waals surface area contributed by atoms with E-state index in [1.54, 1.807) is 16.7 Å². The molecule has 1 nitrogen and oxygen atoms in total. The fourth-order valence-electron chi connectivity index (χ4n) is 10.3. The number of nitrogens with one attached hydrogen (secondary N) is 1. The van der Waals surface area contributed by atoms with E-state index in [1.165, 1.54) is 49.7 Å². The van der Waals surface area contributed by atoms with E-state index < -0.39 is 29.9 Å². The van der Waals surface area contributed by atoms with E-state index in [2.05, 4.69) is 109 Å². The van der Waals surface area contributed by atoms with E-state index in [9.17, 15) is 0 Å². The van der Waals surface area contributed by atoms with Gasteiger partial charge in [0.1, 0.15) is 0 Å². The Balaban J connectivity index is 0.000000214. The minimum Gasteiger partial charge on any atom is -0.0622 e. The zero-order chi connectivity index (χ0) is 28.2. The largest absolute Gasteiger partial charge is 0.0622 e. The van der Waals surface area contributed by atoms with Crippen molar-refractivity contribution in [2.24, 2.45) is 22.2 Å². The van der Waals surface area contributed by atoms with Crippen LogP contribution in [0, 0.1) is 22.2 Å². The SMILES string of the molecule is CC1=C(C)C(C)[C]([Hf]([NH]C23CC4(C)CC(C)(CC(C)(C4)C2)C3)[GeH]([CH3])[CH3])=C1C.c1ccc(-c2ccccc2)cc1. The molecule has 0 amide bonds. The van der Waals surface area contributed by atoms with Crippen molar-refractivity contribution < 1.29 is 19.2 Å². The fourth-order valence-corrected chi connectivity index (χ4v) is 50.5. The van der Waals surface area contributed by atoms with Crippen molar-refractivity contribution in [1.82, 2.24) is 3.30 Å². The molecule has 4 saturated carbocycles. The number of hydrogen-bond donors (Lipinski definition) is 1. The van der Waals surface area contributed by atoms with Crippen molar-refractivity contribution in [2.75, 3.05) is 0 Å². The van der Waals surface area contributed by atoms with Crippen LogP contribution in [0.4, 0.5) is 0 Å². The summed E-state index contributed by atoms with van der Waals surface area (Å²) >= 11 is -1.95. The Bertz CT molecular complexity index is 1170. The first-order chi connectivity index (χ1) is 18.3. The number of hydrogen-bond acceptors (Lipinski definition) is 1. The van der Waals surface area contributed by atoms with Crippen molar-refractivity contribution in [3.05, 3.63) is 80.7 Å². The summed E-state index contributed by atoms with van der Waals surface area (Å²) < 4.78 is 6.68. The van der Waals surface area contributed by atoms with E-state index in [0.29, 0.717) is 21.8 Å². The molecule has 2 aromatic carbocycles. The summed E-state index contributed by atoms with van der Waals surface area (Å²) in [4.78, 5) is 0. The normalized spacial score (nSPS) is 35.0. The Morgan fingerprint density at radius 2 is 1.08 bits per heavy atom. The molecule has 0 radical (unpaired) electrons. The maximum atomic E-state index is 4.69. The quantitative estimate of drug-likeness (QED) is 0.301. The van der Waals surface area contributed by atoms with E-state index in [4.69, 9.17) is 3.30 Å². The average molecular weight is 750 g/mol. The molecule has 5 aliphatic carbocycles. The minimum atomic E-state index is -1.95. The second-order valence-corrected chi connectivity index (χ2v) is 57.4. The van der Waals surface area contributed by atoms with Gasteiger partial charge in [0.2, 0.25) is 0 Å². The van der Waals surface area contributed by atoms with Crippen LogP contribution in [-0.4, -0.2) is 16.2 Å². The van der Waals surface area contributed by atoms with Crippen LogP contribution in [0.3, 0.4) is 0 Å². The monoisotopic (exact) mass is 752 g/mol. The van der Waals surface area contributed by atoms with Gasteiger partial charge < -0.3 is 0 Å². The molecule has 2 aromatic rings. The predicted molar refractivity (Wildman–Crippen MR) is 169 cm³/mol. The van der Waals surface area contributed by atoms with Crippen molar-refractivity contribution in [3.63, 3.8) is 0 Å². The minimum absolute atomic E-state index is 0.488. The summed E-state index contributed by atoms with van der Waals surface area (Å²) in [5.41, 5.74) is 9.84. The van der Waals surface area contributed by atoms with Gasteiger partial charge in [-0.1, -0.05) is 60.7 Å². The molecule has 0 saturated heterocycles. The van der Waals surface area contributed by atoms with Crippen molar-refractivity contribution in [3.8, 4) is 11.1 Å². The predicted octanol–water partition coefficient (Wildman–Crippen LogP) is 9.85. The topological polar surface area (TPSA) is 12.0 Å². The summed E-state index contributed by atoms with van der Waals surface area (Å²) in [5, 5.41) is 0. The Morgan fingerprint density at radius 1 is 0.667 bits per heavy atom. The first-order valence-corrected chi connectivity index (χ1v) is 35.8. The van der Waals surface area contributed by atoms with E-state index >= 15 is 0 Å². The van der Waals surface area contributed by atoms with Crippen LogP contribution >= 0.6 is 0 Å². The van der Waals surface area contributed by atoms with Gasteiger partial charge in [-0.25, -0.2) is 0 Å². The molecular formula is C36H52GeHfN. The molecule has 5 aliphatic rings. The zero-order valence-electron chi connectivity index (χ0n) is 26.2. The van der Waals surface area contributed by atoms with Gasteiger partial charge in [0.05, 0.1) is 0 Å². The molecule has 0 aromatic heterocycles. The maximum absolute atomic E-state index is 4.69. The van der Waals surface area contributed by atoms with Crippen LogP contribution in [0.25, 0.3) is 11.1 Å². The van der Waals surface area contributed by atoms with Crippen LogP contribution in [0.2, 0.25) is 11.5 Å². The first-order valence-electron chi connectivity index (χ1n) is 15.4. The van der Waals surface area contributed by atoms with Gasteiger partial charge in [-0.05, 0) is 11.1 Å². The Labute approximate surface area is 249 Å². The van der Waals surface area contributed by atoms with Gasteiger partial charge in [-0.3, -0.25) is 0 Å². The Morgan fingerprint density at radius 3 is 1.41 bits per heavy atom. The van der Waals surface area contributed by atoms with Gasteiger partial charge >= 0.3 is 179 Å². The van der Waals surface area contributed by atoms with E-state index in [1.807, 2.05) is 15.5 Å². The molecular weight excluding hydrogens is 698 g/mol. The van der Waals surface area contributed by atoms with Gasteiger partial charge in [-0.2, -0.15) is 0 Å². The van der Waals surface area contributed by atoms with E-state index in [-0.39, 0.29) is 0 Å². The smallest absolute Gasteiger partial charge is 0.0184 e. The summed E-state index contributed by atoms with van der Waals surface area (Å²) in [6.07, 6.45) is 8.88. The van der Waals surface area contributed by atoms with Crippen LogP contribution in [0.5, 0.6) is 0 Å². The molecule has 0 spiro atoms. The zero-order valence-corrected chi connectivity index (χ0v) is 32.2. The summed E-state index contributed by atoms with van der Waals surface area (Å²) in [7, 11) is -1.18. The third-order valence-electron chi connectivity index (χ3n) is 10.6. The molecule has 0 heterocycles. The number of allylic oxidation sites excluding steroid dienone is 4. The summed E-state index contributed by atoms with van der Waals surface area (Å²) in [6.45, 7) is 17.7. The van der Waals surface area contributed by atoms with E-state index in [0.717, 1.165) is 5.92 Å². The van der Waals surface area contributed by atoms with Gasteiger partial charge in [0.25, 0.3) is 0 Å². The number of benzene rings is 2. The molecule has 1 N–H and O–H groups in total. The standard InChI is InChI=1S/C13H22N.C12H10.C9H13.C2H7Ge.Hf/c1-10-4-11(2)6-12(3,5-10)9-13(14,7-10)8-11;1-3-7-11(8-4-1)12-9-5-2-6-10-12;1-6-5-7(2)9(4)8(6)3;1-3-2;/h14H,4-9H2,1-3H3;1-10H;6H,1-4H3;3H,1-2H3;/q-1;;;;+1. The van der Waals surface area contributed by atoms with Gasteiger partial charge in [0, 0.05) is 0 Å². The van der Waals surface area contributed by atoms with Gasteiger partial charge in [-0.15, -0.1) is 0 Å². The van der Waals surface area contributed by atoms with Gasteiger partial charge in [0.15, 0.2) is 0 Å². The van der Waals surface area contributed by atoms with Crippen molar-refractivity contribution >= 4 is 10.6 Å². The molecule has 3 heteroatoms. The van der Waals surface area contributed by atoms with Crippen LogP contribution in [0.1, 0.15) is 87.0 Å². The summed E-state index contributed by atoms with van der Waals surface area (Å²) in [6, 6.07) is 20.8. The molecule has 4 fully saturated rings. The maximum Gasteiger partial charge on any atom is -0.0184 e. The van der Waals surface area contributed by atoms with Crippen LogP contribution in [-0.2, 0) is 19.2 Å². The second-order valence-electron chi connectivity index (χ2n) is 15.3. The van der Waals surface area contributed by atoms with Crippen molar-refractivity contribution in [2.45, 2.75) is 104 Å². The summed E-state index contributed by atoms with van der Waals surface area (Å²) in [5.74, 6) is 6.16. The Kier molecular flexibility index (Phi) is 8.28. The fraction of sp³-hybridized carbons (Fsp3) is 0.556. The number of rotatable bonds is 5. The molecule has 4 bridgehead atoms. The molecule has 39 heavy (non-hydrogen) atoms. The molecule has 1 atom stereocenters. The van der Waals surface area contributed by atoms with Crippen molar-refractivity contribution in [1.29, 1.82) is 0 Å². The molecule has 1 unspecified atom stereocenters. The second kappa shape index (κ2) is 10.8. The molecule has 7 rings (SSSR count). The average Bonchev–Trinajstić information content (AvgIpc) is 3.03. The third-order valence-corrected chi connectivity index (χ3v) is 50.3. The van der Waals surface area contributed by atoms with Crippen LogP contribution in [0.15, 0.2) is 80.7 Å². The third kappa shape index (κ3) is 5.96. The molecule has 0 aliphatic heterocycles. The van der Waals surface area contributed by atoms with Crippen LogP contribution < -0.4 is 3.30 Å².